The highest BCUT2D eigenvalue weighted by Crippen LogP contribution is 2.65. The van der Waals surface area contributed by atoms with Crippen LogP contribution in [0.15, 0.2) is 11.6 Å². The van der Waals surface area contributed by atoms with Crippen LogP contribution in [0.4, 0.5) is 0 Å². The molecule has 0 aromatic heterocycles. The van der Waals surface area contributed by atoms with Gasteiger partial charge in [-0.1, -0.05) is 19.4 Å². The molecule has 1 heterocycles. The number of carbonyl (C=O) groups excluding carboxylic acids is 4. The molecular formula is C39H60O9. The van der Waals surface area contributed by atoms with Crippen LogP contribution in [0.3, 0.4) is 0 Å². The van der Waals surface area contributed by atoms with Crippen LogP contribution in [0.1, 0.15) is 128 Å². The molecule has 0 aromatic carbocycles. The zero-order valence-electron chi connectivity index (χ0n) is 31.2. The number of esters is 3. The average Bonchev–Trinajstić information content (AvgIpc) is 3.30. The molecule has 3 saturated carbocycles. The highest BCUT2D eigenvalue weighted by Gasteiger charge is 2.61. The molecule has 0 amide bonds. The van der Waals surface area contributed by atoms with E-state index in [-0.39, 0.29) is 29.3 Å². The van der Waals surface area contributed by atoms with Crippen molar-refractivity contribution >= 4 is 23.7 Å². The summed E-state index contributed by atoms with van der Waals surface area (Å²) in [5, 5.41) is 0. The summed E-state index contributed by atoms with van der Waals surface area (Å²) >= 11 is 0. The SMILES string of the molecule is CC(C)(C)C(=O)OC1COC(OC2CCC3C4CCC5=CC(=O)CCC5(C)C4CCC23C)C(OC(=O)C(C)(C)C)C1OC(=O)C(C)(C)C. The summed E-state index contributed by atoms with van der Waals surface area (Å²) in [6, 6.07) is 0. The minimum Gasteiger partial charge on any atom is -0.455 e. The van der Waals surface area contributed by atoms with Gasteiger partial charge >= 0.3 is 17.9 Å². The first-order valence-corrected chi connectivity index (χ1v) is 18.2. The predicted molar refractivity (Wildman–Crippen MR) is 179 cm³/mol. The first kappa shape index (κ1) is 37.0. The van der Waals surface area contributed by atoms with Crippen LogP contribution in [0.25, 0.3) is 0 Å². The van der Waals surface area contributed by atoms with Gasteiger partial charge in [0.05, 0.1) is 29.0 Å². The summed E-state index contributed by atoms with van der Waals surface area (Å²) in [5.74, 6) is 0.364. The molecule has 0 spiro atoms. The van der Waals surface area contributed by atoms with Gasteiger partial charge in [-0.25, -0.2) is 0 Å². The molecule has 270 valence electrons. The van der Waals surface area contributed by atoms with Crippen molar-refractivity contribution in [3.05, 3.63) is 11.6 Å². The highest BCUT2D eigenvalue weighted by atomic mass is 16.7. The fourth-order valence-corrected chi connectivity index (χ4v) is 9.04. The van der Waals surface area contributed by atoms with E-state index < -0.39 is 58.8 Å². The zero-order valence-corrected chi connectivity index (χ0v) is 31.2. The zero-order chi connectivity index (χ0) is 35.6. The van der Waals surface area contributed by atoms with Gasteiger partial charge in [-0.05, 0) is 142 Å². The molecule has 0 N–H and O–H groups in total. The third kappa shape index (κ3) is 7.01. The van der Waals surface area contributed by atoms with Crippen molar-refractivity contribution in [2.24, 2.45) is 44.8 Å². The normalized spacial score (nSPS) is 38.6. The van der Waals surface area contributed by atoms with Crippen LogP contribution < -0.4 is 0 Å². The number of allylic oxidation sites excluding steroid dienone is 1. The second-order valence-electron chi connectivity index (χ2n) is 18.9. The lowest BCUT2D eigenvalue weighted by molar-refractivity contribution is -0.303. The van der Waals surface area contributed by atoms with Gasteiger partial charge in [0.15, 0.2) is 30.4 Å². The molecule has 0 bridgehead atoms. The Bertz CT molecular complexity index is 1310. The maximum absolute atomic E-state index is 13.4. The molecular weight excluding hydrogens is 612 g/mol. The van der Waals surface area contributed by atoms with E-state index in [1.54, 1.807) is 62.3 Å². The third-order valence-electron chi connectivity index (χ3n) is 12.1. The number of hydrogen-bond donors (Lipinski definition) is 0. The van der Waals surface area contributed by atoms with Crippen LogP contribution in [-0.2, 0) is 42.9 Å². The number of rotatable bonds is 5. The third-order valence-corrected chi connectivity index (χ3v) is 12.1. The van der Waals surface area contributed by atoms with E-state index in [2.05, 4.69) is 13.8 Å². The maximum atomic E-state index is 13.4. The Morgan fingerprint density at radius 3 is 1.92 bits per heavy atom. The molecule has 1 aliphatic heterocycles. The minimum atomic E-state index is -1.14. The van der Waals surface area contributed by atoms with Crippen molar-refractivity contribution < 1.29 is 42.9 Å². The quantitative estimate of drug-likeness (QED) is 0.222. The van der Waals surface area contributed by atoms with Gasteiger partial charge < -0.3 is 23.7 Å². The van der Waals surface area contributed by atoms with Gasteiger partial charge in [-0.2, -0.15) is 0 Å². The number of ether oxygens (including phenoxy) is 5. The van der Waals surface area contributed by atoms with Crippen LogP contribution >= 0.6 is 0 Å². The van der Waals surface area contributed by atoms with Crippen molar-refractivity contribution in [2.45, 2.75) is 158 Å². The Kier molecular flexibility index (Phi) is 9.88. The molecule has 9 heteroatoms. The Morgan fingerprint density at radius 1 is 0.729 bits per heavy atom. The van der Waals surface area contributed by atoms with Crippen molar-refractivity contribution in [3.63, 3.8) is 0 Å². The first-order valence-electron chi connectivity index (χ1n) is 18.2. The molecule has 5 aliphatic rings. The largest absolute Gasteiger partial charge is 0.455 e. The van der Waals surface area contributed by atoms with E-state index in [0.717, 1.165) is 44.9 Å². The van der Waals surface area contributed by atoms with Crippen molar-refractivity contribution in [3.8, 4) is 0 Å². The van der Waals surface area contributed by atoms with Crippen LogP contribution in [-0.4, -0.2) is 61.0 Å². The highest BCUT2D eigenvalue weighted by molar-refractivity contribution is 5.91. The lowest BCUT2D eigenvalue weighted by atomic mass is 9.47. The van der Waals surface area contributed by atoms with E-state index in [4.69, 9.17) is 23.7 Å². The molecule has 1 saturated heterocycles. The van der Waals surface area contributed by atoms with Gasteiger partial charge in [-0.3, -0.25) is 19.2 Å². The topological polar surface area (TPSA) is 114 Å². The molecule has 9 nitrogen and oxygen atoms in total. The lowest BCUT2D eigenvalue weighted by Gasteiger charge is -2.58. The second kappa shape index (κ2) is 12.8. The van der Waals surface area contributed by atoms with Crippen LogP contribution in [0.2, 0.25) is 0 Å². The standard InChI is InChI=1S/C39H60O9/c1-35(2,3)32(41)45-27-21-44-31(30(48-34(43)37(7,8)9)29(27)47-33(42)36(4,5)6)46-28-15-14-25-24-13-12-22-20-23(40)16-18-38(22,10)26(24)17-19-39(25,28)11/h20,24-31H,12-19,21H2,1-11H3. The van der Waals surface area contributed by atoms with Crippen molar-refractivity contribution in [2.75, 3.05) is 6.61 Å². The van der Waals surface area contributed by atoms with Crippen LogP contribution in [0.5, 0.6) is 0 Å². The van der Waals surface area contributed by atoms with E-state index in [1.165, 1.54) is 5.57 Å². The summed E-state index contributed by atoms with van der Waals surface area (Å²) in [4.78, 5) is 52.2. The van der Waals surface area contributed by atoms with E-state index >= 15 is 0 Å². The van der Waals surface area contributed by atoms with E-state index in [0.29, 0.717) is 24.2 Å². The molecule has 48 heavy (non-hydrogen) atoms. The van der Waals surface area contributed by atoms with Gasteiger partial charge in [-0.15, -0.1) is 0 Å². The summed E-state index contributed by atoms with van der Waals surface area (Å²) in [6.07, 6.45) is 5.11. The monoisotopic (exact) mass is 672 g/mol. The molecule has 5 rings (SSSR count). The van der Waals surface area contributed by atoms with Crippen molar-refractivity contribution in [1.82, 2.24) is 0 Å². The smallest absolute Gasteiger partial charge is 0.311 e. The van der Waals surface area contributed by atoms with Crippen molar-refractivity contribution in [1.29, 1.82) is 0 Å². The maximum Gasteiger partial charge on any atom is 0.311 e. The Balaban J connectivity index is 1.42. The summed E-state index contributed by atoms with van der Waals surface area (Å²) in [6.45, 7) is 20.5. The second-order valence-corrected chi connectivity index (χ2v) is 18.9. The molecule has 4 fully saturated rings. The number of fused-ring (bicyclic) bond motifs is 5. The Hall–Kier alpha value is -2.26. The van der Waals surface area contributed by atoms with Crippen LogP contribution in [0, 0.1) is 44.8 Å². The number of hydrogen-bond acceptors (Lipinski definition) is 9. The lowest BCUT2D eigenvalue weighted by Crippen LogP contribution is -2.61. The fourth-order valence-electron chi connectivity index (χ4n) is 9.04. The number of ketones is 1. The van der Waals surface area contributed by atoms with E-state index in [9.17, 15) is 19.2 Å². The molecule has 4 aliphatic carbocycles. The minimum absolute atomic E-state index is 0.0676. The van der Waals surface area contributed by atoms with Gasteiger partial charge in [0, 0.05) is 6.42 Å². The molecule has 10 atom stereocenters. The molecule has 0 aromatic rings. The predicted octanol–water partition coefficient (Wildman–Crippen LogP) is 7.13. The van der Waals surface area contributed by atoms with Gasteiger partial charge in [0.25, 0.3) is 0 Å². The molecule has 10 unspecified atom stereocenters. The average molecular weight is 673 g/mol. The van der Waals surface area contributed by atoms with Gasteiger partial charge in [0.1, 0.15) is 0 Å². The summed E-state index contributed by atoms with van der Waals surface area (Å²) in [5.41, 5.74) is -1.19. The summed E-state index contributed by atoms with van der Waals surface area (Å²) < 4.78 is 31.4. The first-order chi connectivity index (χ1) is 22.1. The molecule has 0 radical (unpaired) electrons. The Labute approximate surface area is 287 Å². The van der Waals surface area contributed by atoms with Gasteiger partial charge in [0.2, 0.25) is 0 Å². The summed E-state index contributed by atoms with van der Waals surface area (Å²) in [7, 11) is 0. The van der Waals surface area contributed by atoms with E-state index in [1.807, 2.05) is 6.08 Å². The Morgan fingerprint density at radius 2 is 1.31 bits per heavy atom. The fraction of sp³-hybridized carbons (Fsp3) is 0.846. The number of carbonyl (C=O) groups is 4.